The van der Waals surface area contributed by atoms with Crippen LogP contribution in [0.5, 0.6) is 5.75 Å². The zero-order chi connectivity index (χ0) is 14.8. The largest absolute Gasteiger partial charge is 0.573 e. The summed E-state index contributed by atoms with van der Waals surface area (Å²) < 4.78 is 40.7. The van der Waals surface area contributed by atoms with Crippen molar-refractivity contribution in [2.24, 2.45) is 29.6 Å². The van der Waals surface area contributed by atoms with E-state index < -0.39 is 12.5 Å². The van der Waals surface area contributed by atoms with Crippen LogP contribution in [0.1, 0.15) is 30.9 Å². The molecule has 0 aromatic heterocycles. The minimum Gasteiger partial charge on any atom is -0.406 e. The molecule has 114 valence electrons. The molecule has 4 rings (SSSR count). The summed E-state index contributed by atoms with van der Waals surface area (Å²) in [6.45, 7) is 0. The second-order valence-electron chi connectivity index (χ2n) is 6.63. The molecule has 0 radical (unpaired) electrons. The number of rotatable bonds is 3. The molecule has 5 atom stereocenters. The van der Waals surface area contributed by atoms with Gasteiger partial charge in [-0.1, -0.05) is 12.1 Å². The van der Waals surface area contributed by atoms with Crippen molar-refractivity contribution >= 4 is 0 Å². The van der Waals surface area contributed by atoms with Gasteiger partial charge in [0.25, 0.3) is 0 Å². The Morgan fingerprint density at radius 3 is 2.43 bits per heavy atom. The normalized spacial score (nSPS) is 38.2. The van der Waals surface area contributed by atoms with Crippen LogP contribution in [0.4, 0.5) is 13.2 Å². The fourth-order valence-electron chi connectivity index (χ4n) is 4.93. The van der Waals surface area contributed by atoms with E-state index in [2.05, 4.69) is 4.74 Å². The molecule has 5 unspecified atom stereocenters. The van der Waals surface area contributed by atoms with Crippen LogP contribution >= 0.6 is 0 Å². The molecule has 1 N–H and O–H groups in total. The predicted octanol–water partition coefficient (Wildman–Crippen LogP) is 3.91. The van der Waals surface area contributed by atoms with E-state index >= 15 is 0 Å². The first-order valence-corrected chi connectivity index (χ1v) is 7.48. The van der Waals surface area contributed by atoms with Gasteiger partial charge in [-0.25, -0.2) is 0 Å². The monoisotopic (exact) mass is 298 g/mol. The molecule has 0 heterocycles. The summed E-state index contributed by atoms with van der Waals surface area (Å²) in [5.41, 5.74) is 0.538. The summed E-state index contributed by atoms with van der Waals surface area (Å²) in [5, 5.41) is 10.5. The van der Waals surface area contributed by atoms with E-state index in [0.29, 0.717) is 17.4 Å². The molecule has 0 amide bonds. The predicted molar refractivity (Wildman–Crippen MR) is 69.4 cm³/mol. The van der Waals surface area contributed by atoms with E-state index in [1.54, 1.807) is 6.07 Å². The average molecular weight is 298 g/mol. The highest BCUT2D eigenvalue weighted by Crippen LogP contribution is 2.72. The fraction of sp³-hybridized carbons (Fsp3) is 0.625. The smallest absolute Gasteiger partial charge is 0.406 e. The number of ether oxygens (including phenoxy) is 1. The fourth-order valence-corrected chi connectivity index (χ4v) is 4.93. The van der Waals surface area contributed by atoms with E-state index in [1.807, 2.05) is 0 Å². The number of halogens is 3. The molecule has 2 nitrogen and oxygen atoms in total. The van der Waals surface area contributed by atoms with Crippen molar-refractivity contribution in [3.05, 3.63) is 29.8 Å². The Labute approximate surface area is 120 Å². The van der Waals surface area contributed by atoms with Gasteiger partial charge in [0.2, 0.25) is 0 Å². The molecular formula is C16H17F3O2. The van der Waals surface area contributed by atoms with Gasteiger partial charge in [0.15, 0.2) is 0 Å². The van der Waals surface area contributed by atoms with Crippen LogP contribution in [0.25, 0.3) is 0 Å². The Balaban J connectivity index is 1.51. The maximum Gasteiger partial charge on any atom is 0.573 e. The molecular weight excluding hydrogens is 281 g/mol. The van der Waals surface area contributed by atoms with Crippen LogP contribution in [0, 0.1) is 29.6 Å². The number of benzene rings is 1. The molecule has 0 aliphatic heterocycles. The Morgan fingerprint density at radius 1 is 1.14 bits per heavy atom. The lowest BCUT2D eigenvalue weighted by molar-refractivity contribution is -0.274. The molecule has 5 heteroatoms. The Kier molecular flexibility index (Phi) is 2.80. The molecule has 21 heavy (non-hydrogen) atoms. The van der Waals surface area contributed by atoms with Crippen molar-refractivity contribution < 1.29 is 23.0 Å². The van der Waals surface area contributed by atoms with Crippen molar-refractivity contribution in [3.63, 3.8) is 0 Å². The van der Waals surface area contributed by atoms with E-state index in [9.17, 15) is 18.3 Å². The maximum absolute atomic E-state index is 12.3. The third-order valence-corrected chi connectivity index (χ3v) is 5.59. The lowest BCUT2D eigenvalue weighted by Crippen LogP contribution is -2.17. The highest BCUT2D eigenvalue weighted by Gasteiger charge is 2.66. The molecule has 3 aliphatic carbocycles. The molecule has 3 saturated carbocycles. The standard InChI is InChI=1S/C16H17F3O2/c17-16(18,19)21-11-3-1-2-10(7-11)15(20)14-12-8-4-5-9(6-8)13(12)14/h1-3,7-9,12-15,20H,4-6H2. The molecule has 2 bridgehead atoms. The van der Waals surface area contributed by atoms with E-state index in [4.69, 9.17) is 0 Å². The minimum absolute atomic E-state index is 0.234. The first kappa shape index (κ1) is 13.4. The molecule has 1 aromatic rings. The van der Waals surface area contributed by atoms with E-state index in [-0.39, 0.29) is 11.7 Å². The second-order valence-corrected chi connectivity index (χ2v) is 6.63. The number of aliphatic hydroxyl groups is 1. The maximum atomic E-state index is 12.3. The zero-order valence-corrected chi connectivity index (χ0v) is 11.4. The summed E-state index contributed by atoms with van der Waals surface area (Å²) in [7, 11) is 0. The average Bonchev–Trinajstić information content (AvgIpc) is 2.83. The molecule has 3 fully saturated rings. The van der Waals surface area contributed by atoms with Crippen molar-refractivity contribution in [1.29, 1.82) is 0 Å². The molecule has 0 spiro atoms. The van der Waals surface area contributed by atoms with Gasteiger partial charge in [-0.2, -0.15) is 0 Å². The quantitative estimate of drug-likeness (QED) is 0.916. The minimum atomic E-state index is -4.70. The van der Waals surface area contributed by atoms with Crippen LogP contribution in [0.3, 0.4) is 0 Å². The SMILES string of the molecule is OC(c1cccc(OC(F)(F)F)c1)C1C2C3CCC(C3)C21. The van der Waals surface area contributed by atoms with Gasteiger partial charge < -0.3 is 9.84 Å². The number of alkyl halides is 3. The van der Waals surface area contributed by atoms with Crippen molar-refractivity contribution in [2.45, 2.75) is 31.7 Å². The van der Waals surface area contributed by atoms with Crippen LogP contribution < -0.4 is 4.74 Å². The summed E-state index contributed by atoms with van der Waals surface area (Å²) in [4.78, 5) is 0. The Morgan fingerprint density at radius 2 is 1.81 bits per heavy atom. The highest BCUT2D eigenvalue weighted by atomic mass is 19.4. The molecule has 3 aliphatic rings. The van der Waals surface area contributed by atoms with Gasteiger partial charge in [0.1, 0.15) is 5.75 Å². The number of hydrogen-bond acceptors (Lipinski definition) is 2. The number of hydrogen-bond donors (Lipinski definition) is 1. The van der Waals surface area contributed by atoms with Crippen LogP contribution in [-0.2, 0) is 0 Å². The summed E-state index contributed by atoms with van der Waals surface area (Å²) in [5.74, 6) is 2.62. The highest BCUT2D eigenvalue weighted by molar-refractivity contribution is 5.32. The molecule has 0 saturated heterocycles. The summed E-state index contributed by atoms with van der Waals surface area (Å²) in [6.07, 6.45) is -1.56. The van der Waals surface area contributed by atoms with Crippen LogP contribution in [0.15, 0.2) is 24.3 Å². The number of fused-ring (bicyclic) bond motifs is 5. The van der Waals surface area contributed by atoms with E-state index in [1.165, 1.54) is 37.5 Å². The van der Waals surface area contributed by atoms with Gasteiger partial charge in [0.05, 0.1) is 6.10 Å². The van der Waals surface area contributed by atoms with Gasteiger partial charge >= 0.3 is 6.36 Å². The van der Waals surface area contributed by atoms with Gasteiger partial charge in [-0.15, -0.1) is 13.2 Å². The Hall–Kier alpha value is -1.23. The number of aliphatic hydroxyl groups excluding tert-OH is 1. The summed E-state index contributed by atoms with van der Waals surface area (Å²) in [6, 6.07) is 5.77. The first-order valence-electron chi connectivity index (χ1n) is 7.48. The van der Waals surface area contributed by atoms with Crippen molar-refractivity contribution in [1.82, 2.24) is 0 Å². The second kappa shape index (κ2) is 4.38. The Bertz CT molecular complexity index is 541. The van der Waals surface area contributed by atoms with Crippen LogP contribution in [-0.4, -0.2) is 11.5 Å². The lowest BCUT2D eigenvalue weighted by Gasteiger charge is -2.17. The van der Waals surface area contributed by atoms with E-state index in [0.717, 1.165) is 11.8 Å². The van der Waals surface area contributed by atoms with Crippen molar-refractivity contribution in [3.8, 4) is 5.75 Å². The third-order valence-electron chi connectivity index (χ3n) is 5.59. The zero-order valence-electron chi connectivity index (χ0n) is 11.4. The van der Waals surface area contributed by atoms with Gasteiger partial charge in [-0.05, 0) is 66.5 Å². The van der Waals surface area contributed by atoms with Crippen LogP contribution in [0.2, 0.25) is 0 Å². The van der Waals surface area contributed by atoms with Gasteiger partial charge in [0, 0.05) is 0 Å². The topological polar surface area (TPSA) is 29.5 Å². The van der Waals surface area contributed by atoms with Gasteiger partial charge in [-0.3, -0.25) is 0 Å². The third kappa shape index (κ3) is 2.22. The molecule has 1 aromatic carbocycles. The van der Waals surface area contributed by atoms with Crippen molar-refractivity contribution in [2.75, 3.05) is 0 Å². The summed E-state index contributed by atoms with van der Waals surface area (Å²) >= 11 is 0. The lowest BCUT2D eigenvalue weighted by atomic mass is 9.95. The first-order chi connectivity index (χ1) is 9.94.